The number of β-amino-alcohol motifs (C(OH)–C–C–N with tert-alkyl or cyclic N) is 1. The highest BCUT2D eigenvalue weighted by molar-refractivity contribution is 7.13. The van der Waals surface area contributed by atoms with Crippen LogP contribution in [0.15, 0.2) is 78.6 Å². The number of carbonyl (C=O) groups excluding carboxylic acids is 3. The van der Waals surface area contributed by atoms with Crippen molar-refractivity contribution in [1.29, 1.82) is 0 Å². The summed E-state index contributed by atoms with van der Waals surface area (Å²) in [4.78, 5) is 63.1. The van der Waals surface area contributed by atoms with Crippen molar-refractivity contribution in [3.05, 3.63) is 112 Å². The number of halogens is 2. The van der Waals surface area contributed by atoms with Crippen molar-refractivity contribution >= 4 is 56.9 Å². The quantitative estimate of drug-likeness (QED) is 0.0572. The highest BCUT2D eigenvalue weighted by Gasteiger charge is 2.44. The number of rotatable bonds is 22. The zero-order chi connectivity index (χ0) is 66.3. The molecule has 3 N–H and O–H groups in total. The minimum atomic E-state index is -1.01. The number of aromatic nitrogens is 8. The number of alkyl halides is 1. The number of aliphatic hydroxyl groups excluding tert-OH is 2. The van der Waals surface area contributed by atoms with Crippen LogP contribution in [0.2, 0.25) is 0 Å². The number of likely N-dealkylation sites (tertiary alicyclic amines) is 2. The van der Waals surface area contributed by atoms with E-state index in [-0.39, 0.29) is 62.9 Å². The number of likely N-dealkylation sites (N-methyl/N-ethyl adjacent to an activating group) is 1. The molecule has 24 heteroatoms. The van der Waals surface area contributed by atoms with Gasteiger partial charge in [0.05, 0.1) is 66.0 Å². The maximum absolute atomic E-state index is 17.0. The largest absolute Gasteiger partial charge is 0.486 e. The Balaban J connectivity index is 0.865. The number of aliphatic hydroxyl groups is 2. The summed E-state index contributed by atoms with van der Waals surface area (Å²) < 4.78 is 60.3. The number of carbonyl (C=O) groups is 3. The number of nitrogens with one attached hydrogen (secondary N) is 1. The Morgan fingerprint density at radius 2 is 1.71 bits per heavy atom. The van der Waals surface area contributed by atoms with Gasteiger partial charge in [-0.2, -0.15) is 15.1 Å². The molecule has 3 amide bonds. The predicted molar refractivity (Wildman–Crippen MR) is 354 cm³/mol. The summed E-state index contributed by atoms with van der Waals surface area (Å²) in [5.41, 5.74) is 9.22. The lowest BCUT2D eigenvalue weighted by Gasteiger charge is -2.30. The van der Waals surface area contributed by atoms with E-state index >= 15 is 4.39 Å². The summed E-state index contributed by atoms with van der Waals surface area (Å²) in [7, 11) is 1.94. The van der Waals surface area contributed by atoms with E-state index in [1.165, 1.54) is 27.0 Å². The number of nitrogens with zero attached hydrogens (tertiary/aromatic N) is 11. The Hall–Kier alpha value is -8.19. The van der Waals surface area contributed by atoms with Crippen molar-refractivity contribution in [2.75, 3.05) is 58.1 Å². The molecule has 1 unspecified atom stereocenters. The highest BCUT2D eigenvalue weighted by Crippen LogP contribution is 2.54. The minimum absolute atomic E-state index is 0.0103. The zero-order valence-corrected chi connectivity index (χ0v) is 55.7. The van der Waals surface area contributed by atoms with E-state index in [0.717, 1.165) is 64.8 Å². The lowest BCUT2D eigenvalue weighted by molar-refractivity contribution is -0.142. The molecule has 7 atom stereocenters. The van der Waals surface area contributed by atoms with Crippen molar-refractivity contribution in [2.24, 2.45) is 11.8 Å². The third-order valence-electron chi connectivity index (χ3n) is 18.7. The van der Waals surface area contributed by atoms with Gasteiger partial charge in [0.2, 0.25) is 11.8 Å². The molecule has 498 valence electrons. The number of fused-ring (bicyclic) bond motifs is 2. The van der Waals surface area contributed by atoms with E-state index in [4.69, 9.17) is 34.0 Å². The van der Waals surface area contributed by atoms with Gasteiger partial charge < -0.3 is 49.2 Å². The van der Waals surface area contributed by atoms with Crippen molar-refractivity contribution in [3.8, 4) is 44.6 Å². The van der Waals surface area contributed by atoms with E-state index in [1.807, 2.05) is 104 Å². The normalized spacial score (nSPS) is 19.5. The van der Waals surface area contributed by atoms with Crippen molar-refractivity contribution in [3.63, 3.8) is 0 Å². The van der Waals surface area contributed by atoms with E-state index in [0.29, 0.717) is 94.0 Å². The Kier molecular flexibility index (Phi) is 19.4. The molecular weight excluding hydrogens is 1220 g/mol. The summed E-state index contributed by atoms with van der Waals surface area (Å²) in [5.74, 6) is -1.07. The van der Waals surface area contributed by atoms with Crippen molar-refractivity contribution in [2.45, 2.75) is 161 Å². The van der Waals surface area contributed by atoms with Crippen LogP contribution < -0.4 is 19.7 Å². The molecule has 4 aromatic heterocycles. The second-order valence-electron chi connectivity index (χ2n) is 26.9. The minimum Gasteiger partial charge on any atom is -0.486 e. The van der Waals surface area contributed by atoms with Gasteiger partial charge in [-0.3, -0.25) is 14.0 Å². The fourth-order valence-electron chi connectivity index (χ4n) is 13.2. The molecule has 0 spiro atoms. The number of thiazole rings is 1. The SMILES string of the molecule is CC[C@@H](CF)COc1nc(N(C)[C@H]2CCN(C(=O)OC(C)(C)C)C2)c2cc(C3CC3)c(-c3c(C)c(F)cc4c3cnn4C3CCCCO3)c(OCc3ccc(-c4cn([C@H](C(=O)N5C[C@H](O)C[C@H]5C(=O)N[C@@H](CO)c5ccc(-c6scnc6C)cc5)C(C)C)nn4)cc3)c2n1. The molecule has 4 fully saturated rings. The number of aryl methyl sites for hydroxylation is 1. The lowest BCUT2D eigenvalue weighted by atomic mass is 9.88. The third kappa shape index (κ3) is 13.7. The second-order valence-corrected chi connectivity index (χ2v) is 27.7. The van der Waals surface area contributed by atoms with E-state index in [1.54, 1.807) is 34.4 Å². The summed E-state index contributed by atoms with van der Waals surface area (Å²) in [5, 5.41) is 39.7. The number of ether oxygens (including phenoxy) is 4. The molecule has 1 aliphatic carbocycles. The molecular formula is C70H84F2N12O9S. The molecule has 21 nitrogen and oxygen atoms in total. The summed E-state index contributed by atoms with van der Waals surface area (Å²) in [6.45, 7) is 15.3. The van der Waals surface area contributed by atoms with Crippen LogP contribution in [-0.4, -0.2) is 155 Å². The van der Waals surface area contributed by atoms with Gasteiger partial charge in [-0.15, -0.1) is 16.4 Å². The molecule has 4 aromatic carbocycles. The molecule has 1 saturated carbocycles. The first-order valence-electron chi connectivity index (χ1n) is 32.8. The number of anilines is 1. The van der Waals surface area contributed by atoms with E-state index in [9.17, 15) is 29.0 Å². The first-order chi connectivity index (χ1) is 45.2. The topological polar surface area (TPSA) is 238 Å². The molecule has 0 radical (unpaired) electrons. The number of hydrogen-bond acceptors (Lipinski definition) is 17. The molecule has 94 heavy (non-hydrogen) atoms. The third-order valence-corrected chi connectivity index (χ3v) is 19.6. The van der Waals surface area contributed by atoms with Crippen LogP contribution in [0.5, 0.6) is 11.8 Å². The maximum Gasteiger partial charge on any atom is 0.410 e. The Morgan fingerprint density at radius 1 is 0.947 bits per heavy atom. The molecule has 0 bridgehead atoms. The maximum atomic E-state index is 17.0. The fourth-order valence-corrected chi connectivity index (χ4v) is 14.0. The number of benzene rings is 4. The predicted octanol–water partition coefficient (Wildman–Crippen LogP) is 11.8. The lowest BCUT2D eigenvalue weighted by Crippen LogP contribution is -2.50. The monoisotopic (exact) mass is 1310 g/mol. The molecule has 7 heterocycles. The van der Waals surface area contributed by atoms with Gasteiger partial charge in [0, 0.05) is 85.2 Å². The number of hydrogen-bond donors (Lipinski definition) is 3. The second kappa shape index (κ2) is 27.6. The van der Waals surface area contributed by atoms with Gasteiger partial charge in [0.15, 0.2) is 12.0 Å². The average molecular weight is 1310 g/mol. The average Bonchev–Trinajstić information content (AvgIpc) is 0.795. The first kappa shape index (κ1) is 65.9. The van der Waals surface area contributed by atoms with Crippen LogP contribution in [0.25, 0.3) is 54.6 Å². The van der Waals surface area contributed by atoms with E-state index < -0.39 is 66.1 Å². The van der Waals surface area contributed by atoms with Crippen molar-refractivity contribution < 1.29 is 52.3 Å². The fraction of sp³-hybridized carbons (Fsp3) is 0.500. The first-order valence-corrected chi connectivity index (χ1v) is 33.7. The molecule has 3 aliphatic heterocycles. The van der Waals surface area contributed by atoms with Gasteiger partial charge in [-0.1, -0.05) is 74.5 Å². The number of amides is 3. The molecule has 8 aromatic rings. The van der Waals surface area contributed by atoms with Crippen LogP contribution in [0.1, 0.15) is 145 Å². The Morgan fingerprint density at radius 3 is 2.38 bits per heavy atom. The smallest absolute Gasteiger partial charge is 0.410 e. The van der Waals surface area contributed by atoms with Crippen molar-refractivity contribution in [1.82, 2.24) is 54.8 Å². The Bertz CT molecular complexity index is 4050. The van der Waals surface area contributed by atoms with Gasteiger partial charge in [-0.05, 0) is 125 Å². The van der Waals surface area contributed by atoms with Crippen LogP contribution >= 0.6 is 11.3 Å². The van der Waals surface area contributed by atoms with Gasteiger partial charge in [-0.25, -0.2) is 23.5 Å². The summed E-state index contributed by atoms with van der Waals surface area (Å²) in [6, 6.07) is 16.0. The van der Waals surface area contributed by atoms with Crippen LogP contribution in [0, 0.1) is 31.5 Å². The van der Waals surface area contributed by atoms with Crippen LogP contribution in [0.4, 0.5) is 19.4 Å². The van der Waals surface area contributed by atoms with Crippen LogP contribution in [-0.2, 0) is 25.7 Å². The molecule has 12 rings (SSSR count). The summed E-state index contributed by atoms with van der Waals surface area (Å²) >= 11 is 1.53. The van der Waals surface area contributed by atoms with Gasteiger partial charge in [0.25, 0.3) is 0 Å². The van der Waals surface area contributed by atoms with Gasteiger partial charge in [0.1, 0.15) is 47.1 Å². The Labute approximate surface area is 549 Å². The summed E-state index contributed by atoms with van der Waals surface area (Å²) in [6.07, 6.45) is 7.29. The highest BCUT2D eigenvalue weighted by atomic mass is 32.1. The standard InChI is InChI=1S/C70H84F2N12O9S/c1-10-42(30-71)36-92-68-76-61-51(65(77-68)80(9)48-24-25-81(32-48)69(89)93-70(6,7)8)28-50(44-18-19-44)60(59-40(4)53(72)29-56-52(59)31-74-84(56)58-13-11-12-26-90-58)63(61)91-37-43-14-16-45(17-15-43)54-34-83(79-78-54)62(39(2)3)67(88)82-33-49(86)27-57(82)66(87)75-55(35-85)46-20-22-47(23-21-46)64-41(5)73-38-94-64/h14-17,20-23,28-29,31,34,38-39,42,44,48-49,55,57-58,62,85-86H,10-13,18-19,24-27,30,32-33,35-37H2,1-9H3,(H,75,87)/t42-,48-,49+,55-,57-,58?,62-/m0/s1. The zero-order valence-electron chi connectivity index (χ0n) is 54.9. The molecule has 4 aliphatic rings. The van der Waals surface area contributed by atoms with E-state index in [2.05, 4.69) is 31.6 Å². The van der Waals surface area contributed by atoms with Gasteiger partial charge >= 0.3 is 12.1 Å². The van der Waals surface area contributed by atoms with Crippen LogP contribution in [0.3, 0.4) is 0 Å². The molecule has 3 saturated heterocycles.